The minimum atomic E-state index is -1.06. The highest BCUT2D eigenvalue weighted by atomic mass is 35.5. The van der Waals surface area contributed by atoms with Crippen molar-refractivity contribution in [1.29, 1.82) is 0 Å². The predicted molar refractivity (Wildman–Crippen MR) is 98.1 cm³/mol. The molecule has 1 atom stereocenters. The van der Waals surface area contributed by atoms with Crippen molar-refractivity contribution in [3.8, 4) is 0 Å². The average Bonchev–Trinajstić information content (AvgIpc) is 2.51. The summed E-state index contributed by atoms with van der Waals surface area (Å²) in [4.78, 5) is 0.874. The van der Waals surface area contributed by atoms with Crippen LogP contribution in [0.5, 0.6) is 0 Å². The summed E-state index contributed by atoms with van der Waals surface area (Å²) in [5.74, 6) is 0. The van der Waals surface area contributed by atoms with Crippen molar-refractivity contribution in [2.24, 2.45) is 0 Å². The van der Waals surface area contributed by atoms with Crippen molar-refractivity contribution in [2.45, 2.75) is 31.6 Å². The van der Waals surface area contributed by atoms with E-state index in [1.807, 2.05) is 44.3 Å². The number of halogens is 1. The molecule has 0 fully saturated rings. The van der Waals surface area contributed by atoms with E-state index in [1.54, 1.807) is 0 Å². The highest BCUT2D eigenvalue weighted by Gasteiger charge is 2.22. The minimum absolute atomic E-state index is 0.694. The van der Waals surface area contributed by atoms with Crippen LogP contribution < -0.4 is 10.0 Å². The first-order valence-corrected chi connectivity index (χ1v) is 8.88. The van der Waals surface area contributed by atoms with Gasteiger partial charge >= 0.3 is 11.4 Å². The normalized spacial score (nSPS) is 12.0. The van der Waals surface area contributed by atoms with Crippen LogP contribution in [0.4, 0.5) is 11.4 Å². The van der Waals surface area contributed by atoms with Crippen LogP contribution in [0, 0.1) is 6.92 Å². The van der Waals surface area contributed by atoms with E-state index in [0.717, 1.165) is 34.7 Å². The molecule has 0 aliphatic heterocycles. The molecule has 118 valence electrons. The van der Waals surface area contributed by atoms with Gasteiger partial charge in [-0.3, -0.25) is 0 Å². The van der Waals surface area contributed by atoms with Crippen LogP contribution in [0.15, 0.2) is 41.3 Å². The molecule has 2 aromatic carbocycles. The fraction of sp³-hybridized carbons (Fsp3) is 0.294. The molecular formula is C17H22ClN2OS+. The van der Waals surface area contributed by atoms with Gasteiger partial charge in [0.15, 0.2) is 0 Å². The Kier molecular flexibility index (Phi) is 6.00. The molecule has 3 N–H and O–H groups in total. The lowest BCUT2D eigenvalue weighted by Gasteiger charge is -2.09. The summed E-state index contributed by atoms with van der Waals surface area (Å²) in [6, 6.07) is 11.7. The molecule has 0 saturated heterocycles. The summed E-state index contributed by atoms with van der Waals surface area (Å²) in [5, 5.41) is 3.89. The maximum absolute atomic E-state index is 10.4. The Morgan fingerprint density at radius 1 is 1.18 bits per heavy atom. The number of rotatable bonds is 6. The van der Waals surface area contributed by atoms with E-state index in [9.17, 15) is 4.55 Å². The van der Waals surface area contributed by atoms with Crippen LogP contribution in [0.2, 0.25) is 5.02 Å². The molecule has 22 heavy (non-hydrogen) atoms. The van der Waals surface area contributed by atoms with E-state index in [4.69, 9.17) is 11.6 Å². The molecule has 0 spiro atoms. The lowest BCUT2D eigenvalue weighted by atomic mass is 10.1. The van der Waals surface area contributed by atoms with Gasteiger partial charge in [0.25, 0.3) is 0 Å². The van der Waals surface area contributed by atoms with E-state index in [1.165, 1.54) is 5.56 Å². The SMILES string of the molecule is CCCc1cc([S+](O)Nc2ccc(C)c(Cl)c2)ccc1NC. The number of benzene rings is 2. The molecule has 0 radical (unpaired) electrons. The Labute approximate surface area is 140 Å². The smallest absolute Gasteiger partial charge is 0.303 e. The minimum Gasteiger partial charge on any atom is -0.388 e. The van der Waals surface area contributed by atoms with E-state index in [2.05, 4.69) is 23.0 Å². The van der Waals surface area contributed by atoms with Crippen molar-refractivity contribution in [1.82, 2.24) is 0 Å². The molecule has 0 bridgehead atoms. The summed E-state index contributed by atoms with van der Waals surface area (Å²) in [6.45, 7) is 4.11. The molecular weight excluding hydrogens is 316 g/mol. The van der Waals surface area contributed by atoms with E-state index in [-0.39, 0.29) is 0 Å². The monoisotopic (exact) mass is 337 g/mol. The van der Waals surface area contributed by atoms with Crippen LogP contribution >= 0.6 is 11.6 Å². The summed E-state index contributed by atoms with van der Waals surface area (Å²) in [5.41, 5.74) is 4.17. The lowest BCUT2D eigenvalue weighted by Crippen LogP contribution is -2.13. The molecule has 0 aliphatic rings. The Hall–Kier alpha value is -1.36. The number of hydrogen-bond acceptors (Lipinski definition) is 3. The van der Waals surface area contributed by atoms with Gasteiger partial charge in [0.05, 0.1) is 5.69 Å². The zero-order valence-electron chi connectivity index (χ0n) is 13.1. The highest BCUT2D eigenvalue weighted by Crippen LogP contribution is 2.25. The van der Waals surface area contributed by atoms with Crippen LogP contribution in [0.25, 0.3) is 0 Å². The molecule has 0 heterocycles. The third-order valence-corrected chi connectivity index (χ3v) is 5.01. The third-order valence-electron chi connectivity index (χ3n) is 3.48. The van der Waals surface area contributed by atoms with Gasteiger partial charge in [0, 0.05) is 29.9 Å². The van der Waals surface area contributed by atoms with Crippen molar-refractivity contribution >= 4 is 34.3 Å². The third kappa shape index (κ3) is 4.09. The molecule has 2 aromatic rings. The van der Waals surface area contributed by atoms with E-state index < -0.39 is 11.4 Å². The van der Waals surface area contributed by atoms with Crippen LogP contribution in [0.3, 0.4) is 0 Å². The zero-order chi connectivity index (χ0) is 16.1. The first-order chi connectivity index (χ1) is 10.5. The summed E-state index contributed by atoms with van der Waals surface area (Å²) < 4.78 is 13.6. The van der Waals surface area contributed by atoms with Gasteiger partial charge < -0.3 is 5.32 Å². The summed E-state index contributed by atoms with van der Waals surface area (Å²) in [7, 11) is 1.92. The largest absolute Gasteiger partial charge is 0.388 e. The summed E-state index contributed by atoms with van der Waals surface area (Å²) in [6.07, 6.45) is 2.05. The van der Waals surface area contributed by atoms with Crippen molar-refractivity contribution in [2.75, 3.05) is 17.1 Å². The Morgan fingerprint density at radius 3 is 2.59 bits per heavy atom. The number of nitrogens with one attached hydrogen (secondary N) is 2. The highest BCUT2D eigenvalue weighted by molar-refractivity contribution is 7.92. The fourth-order valence-electron chi connectivity index (χ4n) is 2.24. The van der Waals surface area contributed by atoms with Gasteiger partial charge in [0.2, 0.25) is 4.90 Å². The van der Waals surface area contributed by atoms with Crippen molar-refractivity contribution in [3.05, 3.63) is 52.5 Å². The fourth-order valence-corrected chi connectivity index (χ4v) is 3.34. The van der Waals surface area contributed by atoms with Crippen LogP contribution in [-0.2, 0) is 17.8 Å². The Balaban J connectivity index is 2.19. The summed E-state index contributed by atoms with van der Waals surface area (Å²) >= 11 is 5.06. The maximum Gasteiger partial charge on any atom is 0.303 e. The van der Waals surface area contributed by atoms with E-state index in [0.29, 0.717) is 5.02 Å². The average molecular weight is 338 g/mol. The molecule has 2 rings (SSSR count). The lowest BCUT2D eigenvalue weighted by molar-refractivity contribution is 0.644. The zero-order valence-corrected chi connectivity index (χ0v) is 14.7. The maximum atomic E-state index is 10.4. The molecule has 0 aliphatic carbocycles. The molecule has 0 aromatic heterocycles. The molecule has 0 amide bonds. The second-order valence-corrected chi connectivity index (χ2v) is 6.82. The van der Waals surface area contributed by atoms with Gasteiger partial charge in [-0.15, -0.1) is 0 Å². The number of anilines is 2. The number of hydrogen-bond donors (Lipinski definition) is 3. The molecule has 1 unspecified atom stereocenters. The molecule has 3 nitrogen and oxygen atoms in total. The molecule has 0 saturated carbocycles. The van der Waals surface area contributed by atoms with Gasteiger partial charge in [-0.1, -0.05) is 31.0 Å². The first-order valence-electron chi connectivity index (χ1n) is 7.32. The first kappa shape index (κ1) is 17.0. The van der Waals surface area contributed by atoms with Crippen LogP contribution in [-0.4, -0.2) is 11.6 Å². The van der Waals surface area contributed by atoms with Gasteiger partial charge in [-0.25, -0.2) is 0 Å². The van der Waals surface area contributed by atoms with Gasteiger partial charge in [-0.2, -0.15) is 9.27 Å². The second-order valence-electron chi connectivity index (χ2n) is 5.17. The van der Waals surface area contributed by atoms with Crippen molar-refractivity contribution < 1.29 is 4.55 Å². The van der Waals surface area contributed by atoms with Gasteiger partial charge in [0.1, 0.15) is 0 Å². The van der Waals surface area contributed by atoms with E-state index >= 15 is 0 Å². The number of aryl methyl sites for hydroxylation is 2. The van der Waals surface area contributed by atoms with Crippen LogP contribution in [0.1, 0.15) is 24.5 Å². The van der Waals surface area contributed by atoms with Gasteiger partial charge in [-0.05, 0) is 42.7 Å². The topological polar surface area (TPSA) is 44.3 Å². The molecule has 5 heteroatoms. The van der Waals surface area contributed by atoms with Crippen molar-refractivity contribution in [3.63, 3.8) is 0 Å². The second kappa shape index (κ2) is 7.77. The Bertz CT molecular complexity index is 649. The quantitative estimate of drug-likeness (QED) is 0.641. The Morgan fingerprint density at radius 2 is 1.95 bits per heavy atom. The standard InChI is InChI=1S/C17H22ClN2OS/c1-4-5-13-10-15(8-9-17(13)19-3)22(21)20-14-7-6-12(2)16(18)11-14/h6-11,19-21H,4-5H2,1-3H3/q+1. The predicted octanol–water partition coefficient (Wildman–Crippen LogP) is 5.12.